The fourth-order valence-corrected chi connectivity index (χ4v) is 4.24. The molecule has 9 heteroatoms. The largest absolute Gasteiger partial charge is 0.206 e. The van der Waals surface area contributed by atoms with E-state index in [1.54, 1.807) is 0 Å². The van der Waals surface area contributed by atoms with E-state index in [2.05, 4.69) is 0 Å². The zero-order valence-corrected chi connectivity index (χ0v) is 17.1. The third kappa shape index (κ3) is 3.41. The molecule has 0 aliphatic heterocycles. The molecular weight excluding hydrogens is 483 g/mol. The predicted octanol–water partition coefficient (Wildman–Crippen LogP) is 8.58. The molecule has 0 unspecified atom stereocenters. The standard InChI is InChI=1S/C26H9F9/c27-14-5-4-10(6-16(14)29)21-11-2-1-3-15(28)22(11)23(13-8-18(31)17(30)7-12(13)21)24-25(34)19(32)9-20(33)26(24)35/h1-9H. The fourth-order valence-electron chi connectivity index (χ4n) is 4.24. The summed E-state index contributed by atoms with van der Waals surface area (Å²) in [6.45, 7) is 0. The zero-order chi connectivity index (χ0) is 25.2. The van der Waals surface area contributed by atoms with Crippen LogP contribution in [0.5, 0.6) is 0 Å². The van der Waals surface area contributed by atoms with Gasteiger partial charge in [-0.05, 0) is 57.6 Å². The van der Waals surface area contributed by atoms with Gasteiger partial charge in [-0.2, -0.15) is 0 Å². The summed E-state index contributed by atoms with van der Waals surface area (Å²) < 4.78 is 129. The van der Waals surface area contributed by atoms with Gasteiger partial charge in [0.25, 0.3) is 0 Å². The molecule has 0 atom stereocenters. The maximum absolute atomic E-state index is 15.2. The van der Waals surface area contributed by atoms with Crippen LogP contribution < -0.4 is 0 Å². The Kier molecular flexibility index (Phi) is 5.23. The second-order valence-corrected chi connectivity index (χ2v) is 7.70. The van der Waals surface area contributed by atoms with Gasteiger partial charge < -0.3 is 0 Å². The van der Waals surface area contributed by atoms with Crippen LogP contribution in [0.15, 0.2) is 54.6 Å². The Labute approximate surface area is 190 Å². The third-order valence-electron chi connectivity index (χ3n) is 5.70. The highest BCUT2D eigenvalue weighted by atomic mass is 19.2. The van der Waals surface area contributed by atoms with E-state index in [4.69, 9.17) is 0 Å². The minimum Gasteiger partial charge on any atom is -0.206 e. The van der Waals surface area contributed by atoms with E-state index >= 15 is 4.39 Å². The maximum Gasteiger partial charge on any atom is 0.169 e. The first-order valence-corrected chi connectivity index (χ1v) is 9.91. The molecule has 0 radical (unpaired) electrons. The van der Waals surface area contributed by atoms with Crippen LogP contribution in [-0.4, -0.2) is 0 Å². The normalized spacial score (nSPS) is 11.6. The summed E-state index contributed by atoms with van der Waals surface area (Å²) in [6, 6.07) is 6.87. The Morgan fingerprint density at radius 2 is 0.943 bits per heavy atom. The van der Waals surface area contributed by atoms with Crippen molar-refractivity contribution in [2.75, 3.05) is 0 Å². The monoisotopic (exact) mass is 492 g/mol. The lowest BCUT2D eigenvalue weighted by Gasteiger charge is -2.19. The van der Waals surface area contributed by atoms with Crippen molar-refractivity contribution in [3.8, 4) is 22.3 Å². The summed E-state index contributed by atoms with van der Waals surface area (Å²) in [7, 11) is 0. The molecule has 0 saturated heterocycles. The highest BCUT2D eigenvalue weighted by Crippen LogP contribution is 2.47. The molecule has 0 spiro atoms. The number of benzene rings is 5. The lowest BCUT2D eigenvalue weighted by Crippen LogP contribution is -2.02. The lowest BCUT2D eigenvalue weighted by atomic mass is 9.85. The van der Waals surface area contributed by atoms with Gasteiger partial charge in [0, 0.05) is 17.0 Å². The van der Waals surface area contributed by atoms with Crippen LogP contribution in [0, 0.1) is 52.4 Å². The average Bonchev–Trinajstić information content (AvgIpc) is 2.81. The van der Waals surface area contributed by atoms with Crippen molar-refractivity contribution in [3.63, 3.8) is 0 Å². The van der Waals surface area contributed by atoms with E-state index in [0.29, 0.717) is 12.1 Å². The zero-order valence-electron chi connectivity index (χ0n) is 17.1. The second-order valence-electron chi connectivity index (χ2n) is 7.70. The highest BCUT2D eigenvalue weighted by Gasteiger charge is 2.28. The molecule has 5 aromatic carbocycles. The summed E-state index contributed by atoms with van der Waals surface area (Å²) in [5, 5.41) is -1.61. The van der Waals surface area contributed by atoms with Gasteiger partial charge in [0.05, 0.1) is 5.56 Å². The van der Waals surface area contributed by atoms with E-state index in [9.17, 15) is 35.1 Å². The maximum atomic E-state index is 15.2. The van der Waals surface area contributed by atoms with Crippen LogP contribution in [0.25, 0.3) is 43.8 Å². The minimum absolute atomic E-state index is 0.0508. The van der Waals surface area contributed by atoms with Crippen LogP contribution in [0.1, 0.15) is 0 Å². The van der Waals surface area contributed by atoms with Gasteiger partial charge in [-0.3, -0.25) is 0 Å². The molecule has 0 aliphatic rings. The van der Waals surface area contributed by atoms with Crippen molar-refractivity contribution in [1.29, 1.82) is 0 Å². The Morgan fingerprint density at radius 3 is 1.54 bits per heavy atom. The van der Waals surface area contributed by atoms with Crippen molar-refractivity contribution < 1.29 is 39.5 Å². The summed E-state index contributed by atoms with van der Waals surface area (Å²) >= 11 is 0. The average molecular weight is 492 g/mol. The van der Waals surface area contributed by atoms with Crippen LogP contribution in [0.2, 0.25) is 0 Å². The van der Waals surface area contributed by atoms with E-state index in [1.807, 2.05) is 0 Å². The Morgan fingerprint density at radius 1 is 0.371 bits per heavy atom. The molecule has 0 fully saturated rings. The first kappa shape index (κ1) is 22.8. The number of hydrogen-bond donors (Lipinski definition) is 0. The molecule has 5 rings (SSSR count). The molecule has 0 bridgehead atoms. The van der Waals surface area contributed by atoms with Crippen molar-refractivity contribution in [3.05, 3.63) is 107 Å². The van der Waals surface area contributed by atoms with E-state index in [1.165, 1.54) is 12.1 Å². The number of rotatable bonds is 2. The Balaban J connectivity index is 2.11. The van der Waals surface area contributed by atoms with E-state index in [0.717, 1.165) is 24.3 Å². The number of fused-ring (bicyclic) bond motifs is 2. The molecule has 0 nitrogen and oxygen atoms in total. The second kappa shape index (κ2) is 8.04. The Bertz CT molecular complexity index is 1660. The molecule has 0 aliphatic carbocycles. The van der Waals surface area contributed by atoms with Gasteiger partial charge in [0.15, 0.2) is 46.5 Å². The van der Waals surface area contributed by atoms with Crippen molar-refractivity contribution in [1.82, 2.24) is 0 Å². The number of hydrogen-bond acceptors (Lipinski definition) is 0. The first-order chi connectivity index (χ1) is 16.6. The molecule has 0 aromatic heterocycles. The van der Waals surface area contributed by atoms with E-state index < -0.39 is 74.3 Å². The first-order valence-electron chi connectivity index (χ1n) is 9.91. The molecular formula is C26H9F9. The summed E-state index contributed by atoms with van der Waals surface area (Å²) in [6.07, 6.45) is 0. The molecule has 35 heavy (non-hydrogen) atoms. The van der Waals surface area contributed by atoms with Gasteiger partial charge in [0.1, 0.15) is 5.82 Å². The van der Waals surface area contributed by atoms with Crippen molar-refractivity contribution >= 4 is 21.5 Å². The molecule has 0 N–H and O–H groups in total. The van der Waals surface area contributed by atoms with Crippen molar-refractivity contribution in [2.45, 2.75) is 0 Å². The molecule has 5 aromatic rings. The smallest absolute Gasteiger partial charge is 0.169 e. The summed E-state index contributed by atoms with van der Waals surface area (Å²) in [4.78, 5) is 0. The van der Waals surface area contributed by atoms with Crippen LogP contribution in [-0.2, 0) is 0 Å². The van der Waals surface area contributed by atoms with Crippen LogP contribution in [0.4, 0.5) is 39.5 Å². The van der Waals surface area contributed by atoms with Crippen LogP contribution in [0.3, 0.4) is 0 Å². The highest BCUT2D eigenvalue weighted by molar-refractivity contribution is 6.21. The molecule has 0 saturated carbocycles. The van der Waals surface area contributed by atoms with Gasteiger partial charge in [-0.15, -0.1) is 0 Å². The fraction of sp³-hybridized carbons (Fsp3) is 0. The van der Waals surface area contributed by atoms with Gasteiger partial charge >= 0.3 is 0 Å². The summed E-state index contributed by atoms with van der Waals surface area (Å²) in [5.74, 6) is -14.0. The Hall–Kier alpha value is -4.01. The topological polar surface area (TPSA) is 0 Å². The predicted molar refractivity (Wildman–Crippen MR) is 112 cm³/mol. The summed E-state index contributed by atoms with van der Waals surface area (Å²) in [5.41, 5.74) is -2.36. The SMILES string of the molecule is Fc1ccc(-c2c3cc(F)c(F)cc3c(-c3c(F)c(F)cc(F)c3F)c3c(F)cccc23)cc1F. The van der Waals surface area contributed by atoms with Gasteiger partial charge in [-0.1, -0.05) is 18.2 Å². The molecule has 176 valence electrons. The quantitative estimate of drug-likeness (QED) is 0.132. The lowest BCUT2D eigenvalue weighted by molar-refractivity contribution is 0.458. The van der Waals surface area contributed by atoms with Crippen LogP contribution >= 0.6 is 0 Å². The molecule has 0 amide bonds. The third-order valence-corrected chi connectivity index (χ3v) is 5.70. The number of halogens is 9. The van der Waals surface area contributed by atoms with Gasteiger partial charge in [0.2, 0.25) is 0 Å². The van der Waals surface area contributed by atoms with E-state index in [-0.39, 0.29) is 28.0 Å². The van der Waals surface area contributed by atoms with Crippen molar-refractivity contribution in [2.24, 2.45) is 0 Å². The molecule has 0 heterocycles. The minimum atomic E-state index is -1.89. The van der Waals surface area contributed by atoms with Gasteiger partial charge in [-0.25, -0.2) is 39.5 Å².